The number of hydrogen-bond acceptors (Lipinski definition) is 1. The lowest BCUT2D eigenvalue weighted by molar-refractivity contribution is 0.112. The molecule has 1 aliphatic carbocycles. The van der Waals surface area contributed by atoms with Gasteiger partial charge < -0.3 is 0 Å². The molecule has 18 heavy (non-hydrogen) atoms. The monoisotopic (exact) mass is 244 g/mol. The molecule has 1 saturated carbocycles. The van der Waals surface area contributed by atoms with Crippen molar-refractivity contribution in [1.82, 2.24) is 0 Å². The normalized spacial score (nSPS) is 23.8. The molecule has 0 unspecified atom stereocenters. The molecule has 1 aliphatic rings. The third-order valence-electron chi connectivity index (χ3n) is 4.38. The molecule has 0 N–H and O–H groups in total. The van der Waals surface area contributed by atoms with Crippen molar-refractivity contribution in [1.29, 1.82) is 0 Å². The van der Waals surface area contributed by atoms with Gasteiger partial charge >= 0.3 is 0 Å². The van der Waals surface area contributed by atoms with Crippen molar-refractivity contribution in [3.05, 3.63) is 35.4 Å². The molecule has 1 aromatic carbocycles. The molecule has 1 nitrogen and oxygen atoms in total. The molecule has 0 atom stereocenters. The van der Waals surface area contributed by atoms with Gasteiger partial charge in [0.05, 0.1) is 0 Å². The Morgan fingerprint density at radius 2 is 1.89 bits per heavy atom. The molecule has 0 heterocycles. The number of aldehydes is 1. The van der Waals surface area contributed by atoms with Crippen LogP contribution in [0.5, 0.6) is 0 Å². The van der Waals surface area contributed by atoms with E-state index >= 15 is 0 Å². The van der Waals surface area contributed by atoms with Crippen molar-refractivity contribution in [3.63, 3.8) is 0 Å². The van der Waals surface area contributed by atoms with Crippen molar-refractivity contribution in [3.8, 4) is 0 Å². The van der Waals surface area contributed by atoms with Crippen molar-refractivity contribution in [2.24, 2.45) is 5.92 Å². The van der Waals surface area contributed by atoms with E-state index in [0.29, 0.717) is 5.92 Å². The molecular formula is C17H24O. The van der Waals surface area contributed by atoms with Crippen LogP contribution < -0.4 is 0 Å². The van der Waals surface area contributed by atoms with Gasteiger partial charge in [0, 0.05) is 5.56 Å². The van der Waals surface area contributed by atoms with Crippen LogP contribution in [0.4, 0.5) is 0 Å². The van der Waals surface area contributed by atoms with Gasteiger partial charge in [-0.25, -0.2) is 0 Å². The number of unbranched alkanes of at least 4 members (excludes halogenated alkanes) is 1. The average molecular weight is 244 g/mol. The smallest absolute Gasteiger partial charge is 0.150 e. The first kappa shape index (κ1) is 13.3. The summed E-state index contributed by atoms with van der Waals surface area (Å²) in [6, 6.07) is 8.11. The SMILES string of the molecule is CCCC[C@H]1CC[C@H](c2ccccc2C=O)CC1. The van der Waals surface area contributed by atoms with E-state index in [0.717, 1.165) is 17.8 Å². The molecule has 1 fully saturated rings. The number of benzene rings is 1. The Bertz CT molecular complexity index is 375. The van der Waals surface area contributed by atoms with E-state index in [4.69, 9.17) is 0 Å². The third kappa shape index (κ3) is 3.22. The second kappa shape index (κ2) is 6.72. The number of hydrogen-bond donors (Lipinski definition) is 0. The summed E-state index contributed by atoms with van der Waals surface area (Å²) < 4.78 is 0. The molecule has 0 bridgehead atoms. The standard InChI is InChI=1S/C17H24O/c1-2-3-6-14-9-11-15(12-10-14)17-8-5-4-7-16(17)13-18/h4-5,7-8,13-15H,2-3,6,9-12H2,1H3/t14-,15-. The fourth-order valence-corrected chi connectivity index (χ4v) is 3.24. The highest BCUT2D eigenvalue weighted by Gasteiger charge is 2.23. The number of carbonyl (C=O) groups excluding carboxylic acids is 1. The van der Waals surface area contributed by atoms with Crippen molar-refractivity contribution >= 4 is 6.29 Å². The number of rotatable bonds is 5. The molecule has 0 aliphatic heterocycles. The lowest BCUT2D eigenvalue weighted by Crippen LogP contribution is -2.14. The second-order valence-electron chi connectivity index (χ2n) is 5.61. The first-order chi connectivity index (χ1) is 8.85. The zero-order valence-electron chi connectivity index (χ0n) is 11.4. The Hall–Kier alpha value is -1.11. The lowest BCUT2D eigenvalue weighted by Gasteiger charge is -2.29. The van der Waals surface area contributed by atoms with Crippen molar-refractivity contribution < 1.29 is 4.79 Å². The molecule has 0 aromatic heterocycles. The van der Waals surface area contributed by atoms with Gasteiger partial charge in [-0.15, -0.1) is 0 Å². The summed E-state index contributed by atoms with van der Waals surface area (Å²) in [5, 5.41) is 0. The largest absolute Gasteiger partial charge is 0.298 e. The van der Waals surface area contributed by atoms with Crippen molar-refractivity contribution in [2.75, 3.05) is 0 Å². The minimum Gasteiger partial charge on any atom is -0.298 e. The van der Waals surface area contributed by atoms with E-state index in [1.54, 1.807) is 0 Å². The maximum absolute atomic E-state index is 11.1. The second-order valence-corrected chi connectivity index (χ2v) is 5.61. The summed E-state index contributed by atoms with van der Waals surface area (Å²) in [6.07, 6.45) is 10.3. The van der Waals surface area contributed by atoms with Gasteiger partial charge in [0.1, 0.15) is 6.29 Å². The minimum absolute atomic E-state index is 0.615. The molecule has 0 spiro atoms. The van der Waals surface area contributed by atoms with E-state index in [-0.39, 0.29) is 0 Å². The highest BCUT2D eigenvalue weighted by Crippen LogP contribution is 2.38. The minimum atomic E-state index is 0.615. The van der Waals surface area contributed by atoms with Gasteiger partial charge in [0.2, 0.25) is 0 Å². The Kier molecular flexibility index (Phi) is 4.98. The molecule has 1 heteroatoms. The molecule has 2 rings (SSSR count). The summed E-state index contributed by atoms with van der Waals surface area (Å²) >= 11 is 0. The zero-order valence-corrected chi connectivity index (χ0v) is 11.4. The molecule has 0 saturated heterocycles. The Morgan fingerprint density at radius 3 is 2.56 bits per heavy atom. The first-order valence-electron chi connectivity index (χ1n) is 7.39. The van der Waals surface area contributed by atoms with Crippen LogP contribution in [0.2, 0.25) is 0 Å². The highest BCUT2D eigenvalue weighted by atomic mass is 16.1. The van der Waals surface area contributed by atoms with E-state index in [9.17, 15) is 4.79 Å². The van der Waals surface area contributed by atoms with Gasteiger partial charge in [-0.05, 0) is 43.1 Å². The number of carbonyl (C=O) groups is 1. The van der Waals surface area contributed by atoms with Gasteiger partial charge in [-0.1, -0.05) is 50.5 Å². The van der Waals surface area contributed by atoms with Crippen LogP contribution in [0.25, 0.3) is 0 Å². The maximum atomic E-state index is 11.1. The first-order valence-corrected chi connectivity index (χ1v) is 7.39. The van der Waals surface area contributed by atoms with Crippen LogP contribution in [0, 0.1) is 5.92 Å². The summed E-state index contributed by atoms with van der Waals surface area (Å²) in [5.41, 5.74) is 2.18. The summed E-state index contributed by atoms with van der Waals surface area (Å²) in [7, 11) is 0. The van der Waals surface area contributed by atoms with Gasteiger partial charge in [-0.3, -0.25) is 4.79 Å². The lowest BCUT2D eigenvalue weighted by atomic mass is 9.76. The summed E-state index contributed by atoms with van der Waals surface area (Å²) in [4.78, 5) is 11.1. The van der Waals surface area contributed by atoms with Crippen LogP contribution in [-0.4, -0.2) is 6.29 Å². The van der Waals surface area contributed by atoms with Crippen LogP contribution in [0.15, 0.2) is 24.3 Å². The molecular weight excluding hydrogens is 220 g/mol. The van der Waals surface area contributed by atoms with Crippen molar-refractivity contribution in [2.45, 2.75) is 57.8 Å². The third-order valence-corrected chi connectivity index (χ3v) is 4.38. The Labute approximate surface area is 111 Å². The van der Waals surface area contributed by atoms with E-state index < -0.39 is 0 Å². The van der Waals surface area contributed by atoms with Gasteiger partial charge in [0.15, 0.2) is 0 Å². The fourth-order valence-electron chi connectivity index (χ4n) is 3.24. The predicted molar refractivity (Wildman–Crippen MR) is 76.1 cm³/mol. The Balaban J connectivity index is 1.95. The molecule has 0 amide bonds. The summed E-state index contributed by atoms with van der Waals surface area (Å²) in [6.45, 7) is 2.27. The Morgan fingerprint density at radius 1 is 1.17 bits per heavy atom. The van der Waals surface area contributed by atoms with E-state index in [1.807, 2.05) is 12.1 Å². The fraction of sp³-hybridized carbons (Fsp3) is 0.588. The van der Waals surface area contributed by atoms with Crippen LogP contribution in [0.1, 0.15) is 73.7 Å². The van der Waals surface area contributed by atoms with E-state index in [2.05, 4.69) is 19.1 Å². The highest BCUT2D eigenvalue weighted by molar-refractivity contribution is 5.77. The zero-order chi connectivity index (χ0) is 12.8. The average Bonchev–Trinajstić information content (AvgIpc) is 2.45. The van der Waals surface area contributed by atoms with Gasteiger partial charge in [0.25, 0.3) is 0 Å². The maximum Gasteiger partial charge on any atom is 0.150 e. The molecule has 98 valence electrons. The van der Waals surface area contributed by atoms with Crippen LogP contribution >= 0.6 is 0 Å². The molecule has 1 aromatic rings. The van der Waals surface area contributed by atoms with Crippen LogP contribution in [-0.2, 0) is 0 Å². The predicted octanol–water partition coefficient (Wildman–Crippen LogP) is 4.96. The van der Waals surface area contributed by atoms with E-state index in [1.165, 1.54) is 50.5 Å². The molecule has 0 radical (unpaired) electrons. The summed E-state index contributed by atoms with van der Waals surface area (Å²) in [5.74, 6) is 1.55. The van der Waals surface area contributed by atoms with Crippen LogP contribution in [0.3, 0.4) is 0 Å². The van der Waals surface area contributed by atoms with Gasteiger partial charge in [-0.2, -0.15) is 0 Å². The quantitative estimate of drug-likeness (QED) is 0.669. The topological polar surface area (TPSA) is 17.1 Å².